The Morgan fingerprint density at radius 3 is 1.97 bits per heavy atom. The third-order valence-corrected chi connectivity index (χ3v) is 4.50. The largest absolute Gasteiger partial charge is 0.326 e. The molecule has 0 spiro atoms. The molecule has 1 fully saturated rings. The first-order valence-corrected chi connectivity index (χ1v) is 9.24. The van der Waals surface area contributed by atoms with Crippen molar-refractivity contribution in [3.63, 3.8) is 0 Å². The Bertz CT molecular complexity index is 969. The molecule has 1 aliphatic rings. The number of hydrogen-bond acceptors (Lipinski definition) is 4. The highest BCUT2D eigenvalue weighted by Gasteiger charge is 2.23. The van der Waals surface area contributed by atoms with E-state index in [1.165, 1.54) is 6.92 Å². The molecule has 4 amide bonds. The first-order chi connectivity index (χ1) is 13.8. The lowest BCUT2D eigenvalue weighted by Gasteiger charge is -2.19. The van der Waals surface area contributed by atoms with Gasteiger partial charge in [-0.25, -0.2) is 0 Å². The van der Waals surface area contributed by atoms with Gasteiger partial charge in [0.05, 0.1) is 0 Å². The van der Waals surface area contributed by atoms with Gasteiger partial charge in [-0.05, 0) is 55.3 Å². The predicted molar refractivity (Wildman–Crippen MR) is 111 cm³/mol. The van der Waals surface area contributed by atoms with Gasteiger partial charge in [-0.15, -0.1) is 0 Å². The summed E-state index contributed by atoms with van der Waals surface area (Å²) in [5.74, 6) is -1.79. The summed E-state index contributed by atoms with van der Waals surface area (Å²) in [6, 6.07) is 11.6. The summed E-state index contributed by atoms with van der Waals surface area (Å²) >= 11 is 0. The number of nitrogens with one attached hydrogen (secondary N) is 3. The number of benzene rings is 2. The quantitative estimate of drug-likeness (QED) is 0.693. The van der Waals surface area contributed by atoms with Crippen LogP contribution in [0, 0.1) is 6.92 Å². The van der Waals surface area contributed by atoms with Crippen LogP contribution in [-0.4, -0.2) is 30.2 Å². The average molecular weight is 394 g/mol. The van der Waals surface area contributed by atoms with Gasteiger partial charge in [-0.1, -0.05) is 6.07 Å². The highest BCUT2D eigenvalue weighted by molar-refractivity contribution is 6.43. The monoisotopic (exact) mass is 394 g/mol. The second-order valence-electron chi connectivity index (χ2n) is 6.82. The molecule has 8 heteroatoms. The van der Waals surface area contributed by atoms with Crippen molar-refractivity contribution in [2.75, 3.05) is 27.4 Å². The van der Waals surface area contributed by atoms with Gasteiger partial charge in [0.25, 0.3) is 0 Å². The minimum absolute atomic E-state index is 0.0528. The number of aryl methyl sites for hydroxylation is 1. The number of carbonyl (C=O) groups excluding carboxylic acids is 4. The Kier molecular flexibility index (Phi) is 5.92. The molecule has 150 valence electrons. The third-order valence-electron chi connectivity index (χ3n) is 4.50. The van der Waals surface area contributed by atoms with Gasteiger partial charge in [0.1, 0.15) is 0 Å². The lowest BCUT2D eigenvalue weighted by molar-refractivity contribution is -0.132. The molecule has 1 aliphatic heterocycles. The molecule has 3 N–H and O–H groups in total. The molecular formula is C21H22N4O4. The Balaban J connectivity index is 1.64. The van der Waals surface area contributed by atoms with Crippen molar-refractivity contribution < 1.29 is 19.2 Å². The van der Waals surface area contributed by atoms with E-state index in [-0.39, 0.29) is 11.8 Å². The van der Waals surface area contributed by atoms with E-state index < -0.39 is 11.8 Å². The van der Waals surface area contributed by atoms with E-state index >= 15 is 0 Å². The summed E-state index contributed by atoms with van der Waals surface area (Å²) in [6.45, 7) is 3.94. The topological polar surface area (TPSA) is 108 Å². The molecule has 1 heterocycles. The summed E-state index contributed by atoms with van der Waals surface area (Å²) in [5.41, 5.74) is 3.10. The highest BCUT2D eigenvalue weighted by Crippen LogP contribution is 2.28. The maximum Gasteiger partial charge on any atom is 0.314 e. The van der Waals surface area contributed by atoms with Crippen molar-refractivity contribution >= 4 is 46.4 Å². The van der Waals surface area contributed by atoms with Crippen LogP contribution in [0.15, 0.2) is 42.5 Å². The van der Waals surface area contributed by atoms with Crippen molar-refractivity contribution in [1.29, 1.82) is 0 Å². The van der Waals surface area contributed by atoms with Crippen LogP contribution in [0.4, 0.5) is 22.7 Å². The minimum atomic E-state index is -0.823. The van der Waals surface area contributed by atoms with Gasteiger partial charge in [-0.3, -0.25) is 19.2 Å². The van der Waals surface area contributed by atoms with Crippen molar-refractivity contribution in [3.05, 3.63) is 48.0 Å². The van der Waals surface area contributed by atoms with E-state index in [0.717, 1.165) is 17.7 Å². The molecule has 0 atom stereocenters. The lowest BCUT2D eigenvalue weighted by Crippen LogP contribution is -2.29. The van der Waals surface area contributed by atoms with Crippen LogP contribution in [0.25, 0.3) is 0 Å². The normalized spacial score (nSPS) is 13.2. The van der Waals surface area contributed by atoms with Gasteiger partial charge in [0.2, 0.25) is 11.8 Å². The molecule has 0 aromatic heterocycles. The van der Waals surface area contributed by atoms with Crippen LogP contribution in [-0.2, 0) is 19.2 Å². The van der Waals surface area contributed by atoms with Gasteiger partial charge in [0.15, 0.2) is 0 Å². The summed E-state index contributed by atoms with van der Waals surface area (Å²) in [4.78, 5) is 49.2. The van der Waals surface area contributed by atoms with E-state index in [0.29, 0.717) is 30.0 Å². The summed E-state index contributed by atoms with van der Waals surface area (Å²) in [6.07, 6.45) is 1.32. The van der Waals surface area contributed by atoms with Crippen LogP contribution >= 0.6 is 0 Å². The fourth-order valence-electron chi connectivity index (χ4n) is 3.10. The zero-order chi connectivity index (χ0) is 21.0. The fraction of sp³-hybridized carbons (Fsp3) is 0.238. The van der Waals surface area contributed by atoms with Crippen molar-refractivity contribution in [1.82, 2.24) is 0 Å². The molecule has 0 unspecified atom stereocenters. The Morgan fingerprint density at radius 1 is 0.862 bits per heavy atom. The zero-order valence-corrected chi connectivity index (χ0v) is 16.2. The number of rotatable bonds is 4. The standard InChI is InChI=1S/C21H22N4O4/c1-13-5-6-17(12-18(13)25-11-3-4-19(25)27)24-21(29)20(28)23-16-9-7-15(8-10-16)22-14(2)26/h5-10,12H,3-4,11H2,1-2H3,(H,22,26)(H,23,28)(H,24,29). The van der Waals surface area contributed by atoms with E-state index in [4.69, 9.17) is 0 Å². The van der Waals surface area contributed by atoms with Crippen molar-refractivity contribution in [2.24, 2.45) is 0 Å². The number of carbonyl (C=O) groups is 4. The number of hydrogen-bond donors (Lipinski definition) is 3. The summed E-state index contributed by atoms with van der Waals surface area (Å²) in [7, 11) is 0. The van der Waals surface area contributed by atoms with Crippen molar-refractivity contribution in [3.8, 4) is 0 Å². The third kappa shape index (κ3) is 4.98. The maximum atomic E-state index is 12.3. The average Bonchev–Trinajstić information content (AvgIpc) is 3.10. The van der Waals surface area contributed by atoms with Crippen LogP contribution in [0.2, 0.25) is 0 Å². The van der Waals surface area contributed by atoms with Gasteiger partial charge >= 0.3 is 11.8 Å². The molecule has 3 rings (SSSR count). The van der Waals surface area contributed by atoms with Crippen molar-refractivity contribution in [2.45, 2.75) is 26.7 Å². The second kappa shape index (κ2) is 8.55. The minimum Gasteiger partial charge on any atom is -0.326 e. The lowest BCUT2D eigenvalue weighted by atomic mass is 10.1. The van der Waals surface area contributed by atoms with Crippen LogP contribution in [0.1, 0.15) is 25.3 Å². The molecule has 0 radical (unpaired) electrons. The number of anilines is 4. The van der Waals surface area contributed by atoms with Gasteiger partial charge in [-0.2, -0.15) is 0 Å². The molecular weight excluding hydrogens is 372 g/mol. The summed E-state index contributed by atoms with van der Waals surface area (Å²) in [5, 5.41) is 7.68. The maximum absolute atomic E-state index is 12.3. The Hall–Kier alpha value is -3.68. The predicted octanol–water partition coefficient (Wildman–Crippen LogP) is 2.66. The highest BCUT2D eigenvalue weighted by atomic mass is 16.2. The number of amides is 4. The Morgan fingerprint density at radius 2 is 1.41 bits per heavy atom. The van der Waals surface area contributed by atoms with Gasteiger partial charge < -0.3 is 20.9 Å². The van der Waals surface area contributed by atoms with Crippen LogP contribution in [0.3, 0.4) is 0 Å². The van der Waals surface area contributed by atoms with Crippen LogP contribution < -0.4 is 20.9 Å². The van der Waals surface area contributed by atoms with E-state index in [1.54, 1.807) is 47.4 Å². The molecule has 2 aromatic rings. The molecule has 0 aliphatic carbocycles. The number of nitrogens with zero attached hydrogens (tertiary/aromatic N) is 1. The molecule has 8 nitrogen and oxygen atoms in total. The Labute approximate surface area is 168 Å². The van der Waals surface area contributed by atoms with Gasteiger partial charge in [0, 0.05) is 42.6 Å². The molecule has 0 bridgehead atoms. The molecule has 1 saturated heterocycles. The molecule has 0 saturated carbocycles. The SMILES string of the molecule is CC(=O)Nc1ccc(NC(=O)C(=O)Nc2ccc(C)c(N3CCCC3=O)c2)cc1. The summed E-state index contributed by atoms with van der Waals surface area (Å²) < 4.78 is 0. The zero-order valence-electron chi connectivity index (χ0n) is 16.2. The fourth-order valence-corrected chi connectivity index (χ4v) is 3.10. The smallest absolute Gasteiger partial charge is 0.314 e. The first-order valence-electron chi connectivity index (χ1n) is 9.24. The van der Waals surface area contributed by atoms with E-state index in [1.807, 2.05) is 6.92 Å². The second-order valence-corrected chi connectivity index (χ2v) is 6.82. The van der Waals surface area contributed by atoms with Crippen LogP contribution in [0.5, 0.6) is 0 Å². The van der Waals surface area contributed by atoms with E-state index in [9.17, 15) is 19.2 Å². The van der Waals surface area contributed by atoms with E-state index in [2.05, 4.69) is 16.0 Å². The molecule has 29 heavy (non-hydrogen) atoms. The first kappa shape index (κ1) is 20.1. The molecule has 2 aromatic carbocycles.